The molecule has 5 heterocycles. The largest absolute Gasteiger partial charge is 0.439 e. The molecule has 1 atom stereocenters. The van der Waals surface area contributed by atoms with Crippen molar-refractivity contribution in [2.75, 3.05) is 24.7 Å². The average molecular weight is 587 g/mol. The number of ether oxygens (including phenoxy) is 1. The quantitative estimate of drug-likeness (QED) is 0.282. The van der Waals surface area contributed by atoms with E-state index in [0.29, 0.717) is 42.0 Å². The predicted molar refractivity (Wildman–Crippen MR) is 158 cm³/mol. The fourth-order valence-corrected chi connectivity index (χ4v) is 6.35. The Hall–Kier alpha value is -4.09. The molecule has 1 saturated heterocycles. The highest BCUT2D eigenvalue weighted by atomic mass is 35.5. The van der Waals surface area contributed by atoms with Gasteiger partial charge in [-0.25, -0.2) is 14.8 Å². The van der Waals surface area contributed by atoms with E-state index in [1.807, 2.05) is 48.8 Å². The smallest absolute Gasteiger partial charge is 0.377 e. The van der Waals surface area contributed by atoms with Crippen molar-refractivity contribution < 1.29 is 9.26 Å². The van der Waals surface area contributed by atoms with E-state index in [9.17, 15) is 4.79 Å². The predicted octanol–water partition coefficient (Wildman–Crippen LogP) is 5.29. The SMILES string of the molecule is CC1CCC(Cn2c(N3CCOC[C@H]3c3ccncc3)nc3nc(-c4noc(=O)[nH]4)nc(-c4cccc(Cl)c4)c32)CC1. The summed E-state index contributed by atoms with van der Waals surface area (Å²) in [6.07, 6.45) is 8.35. The molecule has 0 radical (unpaired) electrons. The van der Waals surface area contributed by atoms with E-state index < -0.39 is 5.76 Å². The zero-order chi connectivity index (χ0) is 28.6. The first kappa shape index (κ1) is 26.8. The maximum atomic E-state index is 11.8. The first-order chi connectivity index (χ1) is 20.5. The van der Waals surface area contributed by atoms with Crippen molar-refractivity contribution in [3.05, 3.63) is 69.9 Å². The molecule has 216 valence electrons. The number of morpholine rings is 1. The van der Waals surface area contributed by atoms with Crippen LogP contribution in [0.3, 0.4) is 0 Å². The number of H-pyrrole nitrogens is 1. The maximum absolute atomic E-state index is 11.8. The second kappa shape index (κ2) is 11.3. The number of nitrogens with zero attached hydrogens (tertiary/aromatic N) is 7. The standard InChI is InChI=1S/C30H31ClN8O3/c1-18-5-7-19(8-6-18)16-39-25-24(21-3-2-4-22(31)15-21)33-27(28-36-30(40)42-37-28)34-26(25)35-29(39)38-13-14-41-17-23(38)20-9-11-32-12-10-20/h2-4,9-12,15,18-19,23H,5-8,13-14,16-17H2,1H3,(H,36,37,40)/t18?,19?,23-/m0/s1. The van der Waals surface area contributed by atoms with Crippen molar-refractivity contribution in [1.29, 1.82) is 0 Å². The number of aromatic amines is 1. The second-order valence-electron chi connectivity index (χ2n) is 11.2. The van der Waals surface area contributed by atoms with Gasteiger partial charge in [0.1, 0.15) is 11.2 Å². The molecule has 0 unspecified atom stereocenters. The Kier molecular flexibility index (Phi) is 7.20. The monoisotopic (exact) mass is 586 g/mol. The number of imidazole rings is 1. The third-order valence-corrected chi connectivity index (χ3v) is 8.62. The Morgan fingerprint density at radius 2 is 1.90 bits per heavy atom. The lowest BCUT2D eigenvalue weighted by molar-refractivity contribution is 0.0927. The number of anilines is 1. The van der Waals surface area contributed by atoms with E-state index in [1.54, 1.807) is 0 Å². The number of pyridine rings is 1. The highest BCUT2D eigenvalue weighted by Crippen LogP contribution is 2.38. The molecule has 5 aromatic rings. The highest BCUT2D eigenvalue weighted by Gasteiger charge is 2.32. The van der Waals surface area contributed by atoms with Crippen LogP contribution in [0, 0.1) is 11.8 Å². The summed E-state index contributed by atoms with van der Waals surface area (Å²) in [7, 11) is 0. The van der Waals surface area contributed by atoms with Crippen molar-refractivity contribution in [3.63, 3.8) is 0 Å². The van der Waals surface area contributed by atoms with E-state index in [1.165, 1.54) is 12.8 Å². The summed E-state index contributed by atoms with van der Waals surface area (Å²) in [5.74, 6) is 1.74. The lowest BCUT2D eigenvalue weighted by Crippen LogP contribution is -2.41. The van der Waals surface area contributed by atoms with Crippen LogP contribution in [0.2, 0.25) is 5.02 Å². The molecular weight excluding hydrogens is 556 g/mol. The van der Waals surface area contributed by atoms with Gasteiger partial charge in [0.05, 0.1) is 19.3 Å². The van der Waals surface area contributed by atoms with Gasteiger partial charge in [0.25, 0.3) is 0 Å². The minimum Gasteiger partial charge on any atom is -0.377 e. The van der Waals surface area contributed by atoms with Gasteiger partial charge in [-0.05, 0) is 54.5 Å². The third-order valence-electron chi connectivity index (χ3n) is 8.39. The zero-order valence-electron chi connectivity index (χ0n) is 23.2. The van der Waals surface area contributed by atoms with Crippen LogP contribution < -0.4 is 10.7 Å². The summed E-state index contributed by atoms with van der Waals surface area (Å²) in [6.45, 7) is 4.91. The van der Waals surface area contributed by atoms with E-state index >= 15 is 0 Å². The summed E-state index contributed by atoms with van der Waals surface area (Å²) >= 11 is 6.46. The number of rotatable bonds is 6. The summed E-state index contributed by atoms with van der Waals surface area (Å²) in [6, 6.07) is 11.6. The summed E-state index contributed by atoms with van der Waals surface area (Å²) < 4.78 is 13.0. The van der Waals surface area contributed by atoms with Crippen LogP contribution in [0.4, 0.5) is 5.95 Å². The molecule has 1 N–H and O–H groups in total. The Morgan fingerprint density at radius 3 is 2.67 bits per heavy atom. The molecule has 1 saturated carbocycles. The van der Waals surface area contributed by atoms with Crippen LogP contribution in [0.25, 0.3) is 34.1 Å². The molecule has 7 rings (SSSR count). The number of benzene rings is 1. The number of hydrogen-bond acceptors (Lipinski definition) is 9. The van der Waals surface area contributed by atoms with Gasteiger partial charge in [0.15, 0.2) is 5.65 Å². The molecule has 1 aromatic carbocycles. The van der Waals surface area contributed by atoms with Crippen molar-refractivity contribution in [1.82, 2.24) is 34.6 Å². The Bertz CT molecular complexity index is 1760. The molecule has 0 spiro atoms. The number of nitrogens with one attached hydrogen (secondary N) is 1. The van der Waals surface area contributed by atoms with Gasteiger partial charge >= 0.3 is 5.76 Å². The third kappa shape index (κ3) is 5.18. The molecular formula is C30H31ClN8O3. The van der Waals surface area contributed by atoms with Crippen molar-refractivity contribution >= 4 is 28.7 Å². The molecule has 4 aromatic heterocycles. The first-order valence-electron chi connectivity index (χ1n) is 14.4. The van der Waals surface area contributed by atoms with Gasteiger partial charge in [-0.2, -0.15) is 4.98 Å². The van der Waals surface area contributed by atoms with Gasteiger partial charge in [0.2, 0.25) is 17.6 Å². The normalized spacial score (nSPS) is 21.2. The van der Waals surface area contributed by atoms with E-state index in [4.69, 9.17) is 35.8 Å². The Morgan fingerprint density at radius 1 is 1.07 bits per heavy atom. The van der Waals surface area contributed by atoms with Crippen LogP contribution in [0.1, 0.15) is 44.2 Å². The van der Waals surface area contributed by atoms with Gasteiger partial charge in [0, 0.05) is 36.1 Å². The van der Waals surface area contributed by atoms with Crippen molar-refractivity contribution in [2.24, 2.45) is 11.8 Å². The van der Waals surface area contributed by atoms with Gasteiger partial charge < -0.3 is 14.2 Å². The van der Waals surface area contributed by atoms with Crippen LogP contribution in [0.5, 0.6) is 0 Å². The van der Waals surface area contributed by atoms with Crippen LogP contribution in [0.15, 0.2) is 58.1 Å². The average Bonchev–Trinajstić information content (AvgIpc) is 3.62. The lowest BCUT2D eigenvalue weighted by atomic mass is 9.83. The number of halogens is 1. The molecule has 2 fully saturated rings. The Labute approximate surface area is 246 Å². The molecule has 12 heteroatoms. The number of aromatic nitrogens is 7. The lowest BCUT2D eigenvalue weighted by Gasteiger charge is -2.37. The molecule has 0 bridgehead atoms. The van der Waals surface area contributed by atoms with Crippen LogP contribution in [-0.4, -0.2) is 54.4 Å². The van der Waals surface area contributed by atoms with Crippen molar-refractivity contribution in [3.8, 4) is 22.9 Å². The summed E-state index contributed by atoms with van der Waals surface area (Å²) in [5.41, 5.74) is 3.92. The summed E-state index contributed by atoms with van der Waals surface area (Å²) in [5, 5.41) is 4.45. The van der Waals surface area contributed by atoms with E-state index in [0.717, 1.165) is 47.9 Å². The minimum atomic E-state index is -0.677. The fourth-order valence-electron chi connectivity index (χ4n) is 6.16. The van der Waals surface area contributed by atoms with E-state index in [-0.39, 0.29) is 17.7 Å². The summed E-state index contributed by atoms with van der Waals surface area (Å²) in [4.78, 5) is 35.8. The molecule has 1 aliphatic carbocycles. The Balaban J connectivity index is 1.45. The van der Waals surface area contributed by atoms with E-state index in [2.05, 4.69) is 31.5 Å². The van der Waals surface area contributed by atoms with Crippen LogP contribution >= 0.6 is 11.6 Å². The highest BCUT2D eigenvalue weighted by molar-refractivity contribution is 6.30. The molecule has 0 amide bonds. The van der Waals surface area contributed by atoms with Crippen molar-refractivity contribution in [2.45, 2.75) is 45.2 Å². The number of fused-ring (bicyclic) bond motifs is 1. The van der Waals surface area contributed by atoms with Gasteiger partial charge in [-0.15, -0.1) is 0 Å². The van der Waals surface area contributed by atoms with Gasteiger partial charge in [-0.3, -0.25) is 14.5 Å². The van der Waals surface area contributed by atoms with Crippen LogP contribution in [-0.2, 0) is 11.3 Å². The fraction of sp³-hybridized carbons (Fsp3) is 0.400. The molecule has 2 aliphatic rings. The minimum absolute atomic E-state index is 0.0439. The molecule has 11 nitrogen and oxygen atoms in total. The maximum Gasteiger partial charge on any atom is 0.439 e. The second-order valence-corrected chi connectivity index (χ2v) is 11.7. The number of hydrogen-bond donors (Lipinski definition) is 1. The first-order valence-corrected chi connectivity index (χ1v) is 14.8. The molecule has 42 heavy (non-hydrogen) atoms. The topological polar surface area (TPSA) is 128 Å². The van der Waals surface area contributed by atoms with Gasteiger partial charge in [-0.1, -0.05) is 48.7 Å². The zero-order valence-corrected chi connectivity index (χ0v) is 24.0. The molecule has 1 aliphatic heterocycles.